The third kappa shape index (κ3) is 5.51. The van der Waals surface area contributed by atoms with Gasteiger partial charge in [-0.2, -0.15) is 0 Å². The van der Waals surface area contributed by atoms with E-state index in [9.17, 15) is 4.79 Å². The largest absolute Gasteiger partial charge is 0.375 e. The molecule has 27 heavy (non-hydrogen) atoms. The molecule has 0 radical (unpaired) electrons. The van der Waals surface area contributed by atoms with Crippen LogP contribution in [0.2, 0.25) is 0 Å². The monoisotopic (exact) mass is 360 g/mol. The Morgan fingerprint density at radius 1 is 0.815 bits per heavy atom. The lowest BCUT2D eigenvalue weighted by Gasteiger charge is -2.25. The number of benzene rings is 3. The van der Waals surface area contributed by atoms with Crippen molar-refractivity contribution in [1.29, 1.82) is 0 Å². The molecular formula is C23H24N2O2. The molecule has 138 valence electrons. The molecule has 0 saturated carbocycles. The molecule has 0 unspecified atom stereocenters. The molecule has 0 heterocycles. The van der Waals surface area contributed by atoms with E-state index in [4.69, 9.17) is 10.5 Å². The minimum atomic E-state index is -0.598. The van der Waals surface area contributed by atoms with Gasteiger partial charge in [0, 0.05) is 0 Å². The molecular weight excluding hydrogens is 336 g/mol. The van der Waals surface area contributed by atoms with Crippen molar-refractivity contribution >= 4 is 5.91 Å². The lowest BCUT2D eigenvalue weighted by atomic mass is 9.98. The summed E-state index contributed by atoms with van der Waals surface area (Å²) in [7, 11) is 0. The topological polar surface area (TPSA) is 64.4 Å². The van der Waals surface area contributed by atoms with Gasteiger partial charge in [0.25, 0.3) is 0 Å². The Morgan fingerprint density at radius 3 is 1.78 bits per heavy atom. The summed E-state index contributed by atoms with van der Waals surface area (Å²) in [6.07, 6.45) is 0. The number of carbonyl (C=O) groups is 1. The van der Waals surface area contributed by atoms with Gasteiger partial charge in [0.15, 0.2) is 0 Å². The smallest absolute Gasteiger partial charge is 0.236 e. The molecule has 3 aromatic rings. The maximum Gasteiger partial charge on any atom is 0.236 e. The van der Waals surface area contributed by atoms with E-state index in [1.54, 1.807) is 0 Å². The second-order valence-electron chi connectivity index (χ2n) is 6.38. The minimum Gasteiger partial charge on any atom is -0.375 e. The van der Waals surface area contributed by atoms with E-state index < -0.39 is 11.9 Å². The molecule has 0 fully saturated rings. The van der Waals surface area contributed by atoms with Crippen LogP contribution in [0.4, 0.5) is 0 Å². The number of rotatable bonds is 9. The van der Waals surface area contributed by atoms with E-state index in [1.807, 2.05) is 91.0 Å². The third-order valence-electron chi connectivity index (χ3n) is 4.37. The quantitative estimate of drug-likeness (QED) is 0.614. The molecule has 3 N–H and O–H groups in total. The number of amides is 1. The van der Waals surface area contributed by atoms with E-state index in [1.165, 1.54) is 0 Å². The van der Waals surface area contributed by atoms with Gasteiger partial charge < -0.3 is 10.5 Å². The van der Waals surface area contributed by atoms with Crippen molar-refractivity contribution < 1.29 is 9.53 Å². The van der Waals surface area contributed by atoms with E-state index in [0.717, 1.165) is 16.7 Å². The van der Waals surface area contributed by atoms with Crippen LogP contribution in [0.15, 0.2) is 91.0 Å². The summed E-state index contributed by atoms with van der Waals surface area (Å²) in [6.45, 7) is 0.647. The molecule has 0 aliphatic carbocycles. The van der Waals surface area contributed by atoms with Crippen LogP contribution in [0.25, 0.3) is 0 Å². The van der Waals surface area contributed by atoms with Crippen molar-refractivity contribution in [2.75, 3.05) is 6.61 Å². The van der Waals surface area contributed by atoms with Crippen LogP contribution in [0.1, 0.15) is 22.7 Å². The molecule has 0 aliphatic rings. The maximum atomic E-state index is 12.0. The van der Waals surface area contributed by atoms with Gasteiger partial charge >= 0.3 is 0 Å². The second kappa shape index (κ2) is 9.67. The average molecular weight is 360 g/mol. The summed E-state index contributed by atoms with van der Waals surface area (Å²) in [4.78, 5) is 12.0. The first-order chi connectivity index (χ1) is 13.2. The fraction of sp³-hybridized carbons (Fsp3) is 0.174. The van der Waals surface area contributed by atoms with Crippen LogP contribution in [0.3, 0.4) is 0 Å². The van der Waals surface area contributed by atoms with Crippen molar-refractivity contribution in [2.24, 2.45) is 5.73 Å². The Morgan fingerprint density at radius 2 is 1.30 bits per heavy atom. The predicted octanol–water partition coefficient (Wildman–Crippen LogP) is 3.44. The van der Waals surface area contributed by atoms with E-state index in [0.29, 0.717) is 6.61 Å². The normalized spacial score (nSPS) is 12.0. The highest BCUT2D eigenvalue weighted by Gasteiger charge is 2.22. The summed E-state index contributed by atoms with van der Waals surface area (Å²) in [5, 5.41) is 3.37. The molecule has 3 rings (SSSR count). The Labute approximate surface area is 160 Å². The van der Waals surface area contributed by atoms with E-state index in [-0.39, 0.29) is 12.6 Å². The van der Waals surface area contributed by atoms with E-state index in [2.05, 4.69) is 5.32 Å². The van der Waals surface area contributed by atoms with Gasteiger partial charge in [-0.1, -0.05) is 91.0 Å². The first-order valence-electron chi connectivity index (χ1n) is 9.01. The Hall–Kier alpha value is -2.95. The minimum absolute atomic E-state index is 0.148. The fourth-order valence-corrected chi connectivity index (χ4v) is 2.96. The fourth-order valence-electron chi connectivity index (χ4n) is 2.96. The standard InChI is InChI=1S/C23H24N2O2/c24-23(26)21(17-27-16-18-10-4-1-5-11-18)25-22(19-12-6-2-7-13-19)20-14-8-3-9-15-20/h1-15,21-22,25H,16-17H2,(H2,24,26)/t21-/m0/s1. The first-order valence-corrected chi connectivity index (χ1v) is 9.01. The Bertz CT molecular complexity index is 783. The van der Waals surface area contributed by atoms with Crippen molar-refractivity contribution in [3.63, 3.8) is 0 Å². The van der Waals surface area contributed by atoms with Crippen molar-refractivity contribution in [3.8, 4) is 0 Å². The van der Waals surface area contributed by atoms with Crippen LogP contribution < -0.4 is 11.1 Å². The number of primary amides is 1. The van der Waals surface area contributed by atoms with Crippen molar-refractivity contribution in [1.82, 2.24) is 5.32 Å². The molecule has 1 amide bonds. The van der Waals surface area contributed by atoms with Crippen LogP contribution in [0, 0.1) is 0 Å². The number of nitrogens with two attached hydrogens (primary N) is 1. The average Bonchev–Trinajstić information content (AvgIpc) is 2.72. The zero-order chi connectivity index (χ0) is 18.9. The molecule has 4 nitrogen and oxygen atoms in total. The van der Waals surface area contributed by atoms with Crippen LogP contribution >= 0.6 is 0 Å². The maximum absolute atomic E-state index is 12.0. The van der Waals surface area contributed by atoms with Gasteiger partial charge in [-0.3, -0.25) is 10.1 Å². The summed E-state index contributed by atoms with van der Waals surface area (Å²) in [5.41, 5.74) is 8.83. The van der Waals surface area contributed by atoms with Gasteiger partial charge in [0.05, 0.1) is 19.3 Å². The SMILES string of the molecule is NC(=O)[C@H](COCc1ccccc1)NC(c1ccccc1)c1ccccc1. The lowest BCUT2D eigenvalue weighted by molar-refractivity contribution is -0.121. The predicted molar refractivity (Wildman–Crippen MR) is 107 cm³/mol. The van der Waals surface area contributed by atoms with Crippen molar-refractivity contribution in [2.45, 2.75) is 18.7 Å². The van der Waals surface area contributed by atoms with Gasteiger partial charge in [-0.15, -0.1) is 0 Å². The molecule has 4 heteroatoms. The van der Waals surface area contributed by atoms with Gasteiger partial charge in [0.1, 0.15) is 6.04 Å². The lowest BCUT2D eigenvalue weighted by Crippen LogP contribution is -2.46. The molecule has 0 aromatic heterocycles. The zero-order valence-corrected chi connectivity index (χ0v) is 15.1. The summed E-state index contributed by atoms with van der Waals surface area (Å²) < 4.78 is 5.75. The molecule has 0 spiro atoms. The summed E-state index contributed by atoms with van der Waals surface area (Å²) >= 11 is 0. The number of nitrogens with one attached hydrogen (secondary N) is 1. The molecule has 1 atom stereocenters. The highest BCUT2D eigenvalue weighted by Crippen LogP contribution is 2.22. The molecule has 0 saturated heterocycles. The zero-order valence-electron chi connectivity index (χ0n) is 15.1. The molecule has 0 aliphatic heterocycles. The van der Waals surface area contributed by atoms with Gasteiger partial charge in [0.2, 0.25) is 5.91 Å². The molecule has 0 bridgehead atoms. The van der Waals surface area contributed by atoms with Crippen LogP contribution in [0.5, 0.6) is 0 Å². The molecule has 3 aromatic carbocycles. The second-order valence-corrected chi connectivity index (χ2v) is 6.38. The van der Waals surface area contributed by atoms with Crippen LogP contribution in [-0.4, -0.2) is 18.6 Å². The summed E-state index contributed by atoms with van der Waals surface area (Å²) in [6, 6.07) is 29.1. The highest BCUT2D eigenvalue weighted by molar-refractivity contribution is 5.80. The third-order valence-corrected chi connectivity index (χ3v) is 4.37. The highest BCUT2D eigenvalue weighted by atomic mass is 16.5. The number of ether oxygens (including phenoxy) is 1. The van der Waals surface area contributed by atoms with Crippen molar-refractivity contribution in [3.05, 3.63) is 108 Å². The van der Waals surface area contributed by atoms with Gasteiger partial charge in [-0.25, -0.2) is 0 Å². The van der Waals surface area contributed by atoms with E-state index >= 15 is 0 Å². The number of hydrogen-bond donors (Lipinski definition) is 2. The Kier molecular flexibility index (Phi) is 6.74. The van der Waals surface area contributed by atoms with Gasteiger partial charge in [-0.05, 0) is 16.7 Å². The van der Waals surface area contributed by atoms with Crippen LogP contribution in [-0.2, 0) is 16.1 Å². The number of hydrogen-bond acceptors (Lipinski definition) is 3. The summed E-state index contributed by atoms with van der Waals surface area (Å²) in [5.74, 6) is -0.431. The number of carbonyl (C=O) groups excluding carboxylic acids is 1. The Balaban J connectivity index is 1.72. The first kappa shape index (κ1) is 18.8.